The highest BCUT2D eigenvalue weighted by Gasteiger charge is 2.39. The molecule has 2 bridgehead atoms. The Bertz CT molecular complexity index is 730. The molecule has 4 rings (SSSR count). The Labute approximate surface area is 147 Å². The summed E-state index contributed by atoms with van der Waals surface area (Å²) in [7, 11) is 0. The molecule has 2 saturated heterocycles. The highest BCUT2D eigenvalue weighted by Crippen LogP contribution is 2.28. The molecule has 1 amide bonds. The van der Waals surface area contributed by atoms with Crippen molar-refractivity contribution in [3.8, 4) is 0 Å². The van der Waals surface area contributed by atoms with Gasteiger partial charge in [-0.25, -0.2) is 0 Å². The van der Waals surface area contributed by atoms with Gasteiger partial charge in [-0.2, -0.15) is 5.10 Å². The van der Waals surface area contributed by atoms with Crippen LogP contribution in [0.3, 0.4) is 0 Å². The number of hydrogen-bond acceptors (Lipinski definition) is 4. The van der Waals surface area contributed by atoms with Crippen molar-refractivity contribution in [1.82, 2.24) is 20.4 Å². The van der Waals surface area contributed by atoms with Crippen LogP contribution in [0.15, 0.2) is 24.3 Å². The summed E-state index contributed by atoms with van der Waals surface area (Å²) in [5, 5.41) is 11.2. The summed E-state index contributed by atoms with van der Waals surface area (Å²) < 4.78 is 5.76. The molecule has 6 heteroatoms. The first-order chi connectivity index (χ1) is 12.3. The molecule has 6 nitrogen and oxygen atoms in total. The number of nitrogens with one attached hydrogen (secondary N) is 2. The minimum Gasteiger partial charge on any atom is -0.378 e. The van der Waals surface area contributed by atoms with Gasteiger partial charge in [0.25, 0.3) is 5.91 Å². The predicted octanol–water partition coefficient (Wildman–Crippen LogP) is 2.32. The number of rotatable bonds is 5. The number of morpholine rings is 1. The van der Waals surface area contributed by atoms with Gasteiger partial charge < -0.3 is 10.1 Å². The molecule has 2 N–H and O–H groups in total. The zero-order valence-corrected chi connectivity index (χ0v) is 14.7. The van der Waals surface area contributed by atoms with E-state index in [9.17, 15) is 4.79 Å². The van der Waals surface area contributed by atoms with Crippen molar-refractivity contribution in [3.63, 3.8) is 0 Å². The van der Waals surface area contributed by atoms with E-state index in [0.717, 1.165) is 43.5 Å². The number of nitrogens with zero attached hydrogens (tertiary/aromatic N) is 2. The van der Waals surface area contributed by atoms with Gasteiger partial charge in [0.15, 0.2) is 5.69 Å². The molecule has 134 valence electrons. The highest BCUT2D eigenvalue weighted by molar-refractivity contribution is 6.04. The first-order valence-electron chi connectivity index (χ1n) is 9.33. The fourth-order valence-corrected chi connectivity index (χ4v) is 4.20. The van der Waals surface area contributed by atoms with Crippen LogP contribution < -0.4 is 5.32 Å². The SMILES string of the molecule is CCCCN1[C@@H]2COC[C@H]1C[C@@H](NC(=O)c1n[nH]c3ccccc13)C2. The van der Waals surface area contributed by atoms with Gasteiger partial charge in [-0.15, -0.1) is 0 Å². The summed E-state index contributed by atoms with van der Waals surface area (Å²) in [6, 6.07) is 8.77. The van der Waals surface area contributed by atoms with Gasteiger partial charge in [0, 0.05) is 23.5 Å². The molecule has 1 aromatic heterocycles. The average molecular weight is 342 g/mol. The minimum atomic E-state index is -0.0801. The fourth-order valence-electron chi connectivity index (χ4n) is 4.20. The van der Waals surface area contributed by atoms with Gasteiger partial charge in [0.1, 0.15) is 0 Å². The third-order valence-corrected chi connectivity index (χ3v) is 5.46. The summed E-state index contributed by atoms with van der Waals surface area (Å²) in [5.41, 5.74) is 1.39. The zero-order chi connectivity index (χ0) is 17.2. The fraction of sp³-hybridized carbons (Fsp3) is 0.579. The van der Waals surface area contributed by atoms with E-state index < -0.39 is 0 Å². The lowest BCUT2D eigenvalue weighted by Crippen LogP contribution is -2.60. The highest BCUT2D eigenvalue weighted by atomic mass is 16.5. The van der Waals surface area contributed by atoms with Crippen molar-refractivity contribution < 1.29 is 9.53 Å². The molecule has 25 heavy (non-hydrogen) atoms. The van der Waals surface area contributed by atoms with Gasteiger partial charge >= 0.3 is 0 Å². The molecular formula is C19H26N4O2. The molecule has 0 radical (unpaired) electrons. The van der Waals surface area contributed by atoms with Crippen LogP contribution in [0, 0.1) is 0 Å². The van der Waals surface area contributed by atoms with Crippen LogP contribution in [0.1, 0.15) is 43.1 Å². The van der Waals surface area contributed by atoms with E-state index in [1.807, 2.05) is 24.3 Å². The summed E-state index contributed by atoms with van der Waals surface area (Å²) >= 11 is 0. The van der Waals surface area contributed by atoms with Crippen molar-refractivity contribution in [2.24, 2.45) is 0 Å². The number of benzene rings is 1. The van der Waals surface area contributed by atoms with Gasteiger partial charge in [0.2, 0.25) is 0 Å². The Morgan fingerprint density at radius 1 is 1.32 bits per heavy atom. The van der Waals surface area contributed by atoms with E-state index in [0.29, 0.717) is 17.8 Å². The van der Waals surface area contributed by atoms with Gasteiger partial charge in [-0.05, 0) is 31.9 Å². The molecule has 3 atom stereocenters. The second kappa shape index (κ2) is 7.14. The number of unbranched alkanes of at least 4 members (excludes halogenated alkanes) is 1. The van der Waals surface area contributed by atoms with Crippen molar-refractivity contribution in [2.45, 2.75) is 50.7 Å². The molecule has 0 spiro atoms. The third-order valence-electron chi connectivity index (χ3n) is 5.46. The van der Waals surface area contributed by atoms with Crippen LogP contribution in [0.2, 0.25) is 0 Å². The lowest BCUT2D eigenvalue weighted by Gasteiger charge is -2.48. The monoisotopic (exact) mass is 342 g/mol. The number of amides is 1. The Kier molecular flexibility index (Phi) is 4.72. The van der Waals surface area contributed by atoms with Crippen molar-refractivity contribution >= 4 is 16.8 Å². The largest absolute Gasteiger partial charge is 0.378 e. The Hall–Kier alpha value is -1.92. The molecule has 0 aliphatic carbocycles. The first kappa shape index (κ1) is 16.5. The topological polar surface area (TPSA) is 70.2 Å². The smallest absolute Gasteiger partial charge is 0.272 e. The minimum absolute atomic E-state index is 0.0801. The van der Waals surface area contributed by atoms with E-state index >= 15 is 0 Å². The number of ether oxygens (including phenoxy) is 1. The number of fused-ring (bicyclic) bond motifs is 3. The predicted molar refractivity (Wildman–Crippen MR) is 96.6 cm³/mol. The molecule has 2 aliphatic rings. The van der Waals surface area contributed by atoms with Crippen molar-refractivity contribution in [1.29, 1.82) is 0 Å². The lowest BCUT2D eigenvalue weighted by molar-refractivity contribution is -0.0802. The number of hydrogen-bond donors (Lipinski definition) is 2. The molecule has 2 fully saturated rings. The molecular weight excluding hydrogens is 316 g/mol. The van der Waals surface area contributed by atoms with Crippen LogP contribution in [-0.4, -0.2) is 58.9 Å². The number of carbonyl (C=O) groups excluding carboxylic acids is 1. The molecule has 1 aromatic carbocycles. The molecule has 2 aromatic rings. The van der Waals surface area contributed by atoms with Crippen LogP contribution in [0.4, 0.5) is 0 Å². The van der Waals surface area contributed by atoms with E-state index in [1.165, 1.54) is 12.8 Å². The average Bonchev–Trinajstić information content (AvgIpc) is 3.04. The maximum Gasteiger partial charge on any atom is 0.272 e. The number of aromatic amines is 1. The maximum atomic E-state index is 12.7. The van der Waals surface area contributed by atoms with E-state index in [4.69, 9.17) is 4.74 Å². The number of para-hydroxylation sites is 1. The molecule has 2 aliphatic heterocycles. The third kappa shape index (κ3) is 3.28. The number of aromatic nitrogens is 2. The van der Waals surface area contributed by atoms with Gasteiger partial charge in [0.05, 0.1) is 18.7 Å². The van der Waals surface area contributed by atoms with E-state index in [1.54, 1.807) is 0 Å². The first-order valence-corrected chi connectivity index (χ1v) is 9.33. The maximum absolute atomic E-state index is 12.7. The standard InChI is InChI=1S/C19H26N4O2/c1-2-3-8-23-14-9-13(10-15(23)12-25-11-14)20-19(24)18-16-6-4-5-7-17(16)21-22-18/h4-7,13-15H,2-3,8-12H2,1H3,(H,20,24)(H,21,22)/t13-,14-,15+. The van der Waals surface area contributed by atoms with Crippen LogP contribution in [0.5, 0.6) is 0 Å². The zero-order valence-electron chi connectivity index (χ0n) is 14.7. The summed E-state index contributed by atoms with van der Waals surface area (Å²) in [6.07, 6.45) is 4.34. The van der Waals surface area contributed by atoms with Crippen LogP contribution in [-0.2, 0) is 4.74 Å². The number of H-pyrrole nitrogens is 1. The molecule has 3 heterocycles. The number of carbonyl (C=O) groups is 1. The Balaban J connectivity index is 1.44. The summed E-state index contributed by atoms with van der Waals surface area (Å²) in [5.74, 6) is -0.0801. The van der Waals surface area contributed by atoms with Gasteiger partial charge in [-0.1, -0.05) is 31.5 Å². The van der Waals surface area contributed by atoms with Crippen molar-refractivity contribution in [2.75, 3.05) is 19.8 Å². The van der Waals surface area contributed by atoms with Crippen molar-refractivity contribution in [3.05, 3.63) is 30.0 Å². The van der Waals surface area contributed by atoms with Gasteiger partial charge in [-0.3, -0.25) is 14.8 Å². The second-order valence-corrected chi connectivity index (χ2v) is 7.20. The normalized spacial score (nSPS) is 26.7. The quantitative estimate of drug-likeness (QED) is 0.875. The molecule has 0 saturated carbocycles. The number of piperidine rings is 1. The Morgan fingerprint density at radius 2 is 2.08 bits per heavy atom. The lowest BCUT2D eigenvalue weighted by atomic mass is 9.89. The van der Waals surface area contributed by atoms with Crippen LogP contribution in [0.25, 0.3) is 10.9 Å². The van der Waals surface area contributed by atoms with E-state index in [-0.39, 0.29) is 11.9 Å². The summed E-state index contributed by atoms with van der Waals surface area (Å²) in [4.78, 5) is 15.3. The van der Waals surface area contributed by atoms with E-state index in [2.05, 4.69) is 27.3 Å². The summed E-state index contributed by atoms with van der Waals surface area (Å²) in [6.45, 7) is 4.92. The Morgan fingerprint density at radius 3 is 2.84 bits per heavy atom. The second-order valence-electron chi connectivity index (χ2n) is 7.20. The van der Waals surface area contributed by atoms with Crippen LogP contribution >= 0.6 is 0 Å². The molecule has 0 unspecified atom stereocenters.